The number of nitrogens with two attached hydrogens (primary N) is 1. The maximum atomic E-state index is 11.9. The topological polar surface area (TPSA) is 59.5 Å². The summed E-state index contributed by atoms with van der Waals surface area (Å²) < 4.78 is 5.11. The van der Waals surface area contributed by atoms with E-state index in [1.54, 1.807) is 24.2 Å². The zero-order chi connectivity index (χ0) is 12.0. The lowest BCUT2D eigenvalue weighted by Crippen LogP contribution is -2.27. The molecule has 0 saturated carbocycles. The number of hydrogen-bond acceptors (Lipinski definition) is 3. The molecule has 1 rings (SSSR count). The van der Waals surface area contributed by atoms with Crippen LogP contribution in [0, 0.1) is 6.92 Å². The Balaban J connectivity index is 2.40. The summed E-state index contributed by atoms with van der Waals surface area (Å²) in [5.74, 6) is 0.706. The minimum atomic E-state index is 0.0269. The van der Waals surface area contributed by atoms with Gasteiger partial charge in [-0.15, -0.1) is 0 Å². The highest BCUT2D eigenvalue weighted by Gasteiger charge is 2.15. The van der Waals surface area contributed by atoms with Crippen molar-refractivity contribution in [3.8, 4) is 0 Å². The molecule has 0 fully saturated rings. The summed E-state index contributed by atoms with van der Waals surface area (Å²) in [6.07, 6.45) is 4.63. The number of carbonyl (C=O) groups is 1. The first-order valence-corrected chi connectivity index (χ1v) is 5.66. The van der Waals surface area contributed by atoms with Gasteiger partial charge in [-0.1, -0.05) is 6.42 Å². The van der Waals surface area contributed by atoms with Crippen LogP contribution in [-0.4, -0.2) is 30.9 Å². The molecule has 4 nitrogen and oxygen atoms in total. The van der Waals surface area contributed by atoms with Gasteiger partial charge >= 0.3 is 0 Å². The molecule has 0 aromatic carbocycles. The molecule has 0 atom stereocenters. The maximum absolute atomic E-state index is 11.9. The Labute approximate surface area is 96.4 Å². The second kappa shape index (κ2) is 6.33. The number of unbranched alkanes of at least 4 members (excludes halogenated alkanes) is 2. The van der Waals surface area contributed by atoms with Crippen molar-refractivity contribution in [3.63, 3.8) is 0 Å². The SMILES string of the molecule is Cc1occc1C(=O)N(C)CCCCCN. The van der Waals surface area contributed by atoms with E-state index in [1.807, 2.05) is 7.05 Å². The van der Waals surface area contributed by atoms with E-state index in [-0.39, 0.29) is 5.91 Å². The van der Waals surface area contributed by atoms with E-state index in [1.165, 1.54) is 0 Å². The van der Waals surface area contributed by atoms with E-state index in [2.05, 4.69) is 0 Å². The number of hydrogen-bond donors (Lipinski definition) is 1. The molecule has 0 aliphatic rings. The second-order valence-electron chi connectivity index (χ2n) is 3.97. The lowest BCUT2D eigenvalue weighted by atomic mass is 10.2. The Morgan fingerprint density at radius 2 is 2.19 bits per heavy atom. The number of aryl methyl sites for hydroxylation is 1. The predicted molar refractivity (Wildman–Crippen MR) is 63.3 cm³/mol. The number of rotatable bonds is 6. The molecule has 4 heteroatoms. The zero-order valence-corrected chi connectivity index (χ0v) is 10.0. The summed E-state index contributed by atoms with van der Waals surface area (Å²) in [4.78, 5) is 13.7. The van der Waals surface area contributed by atoms with E-state index < -0.39 is 0 Å². The maximum Gasteiger partial charge on any atom is 0.257 e. The number of carbonyl (C=O) groups excluding carboxylic acids is 1. The van der Waals surface area contributed by atoms with Gasteiger partial charge in [0.25, 0.3) is 5.91 Å². The van der Waals surface area contributed by atoms with Gasteiger partial charge in [0.15, 0.2) is 0 Å². The van der Waals surface area contributed by atoms with Crippen LogP contribution in [-0.2, 0) is 0 Å². The Morgan fingerprint density at radius 1 is 1.44 bits per heavy atom. The quantitative estimate of drug-likeness (QED) is 0.749. The monoisotopic (exact) mass is 224 g/mol. The van der Waals surface area contributed by atoms with Crippen LogP contribution in [0.4, 0.5) is 0 Å². The summed E-state index contributed by atoms with van der Waals surface area (Å²) in [5.41, 5.74) is 6.06. The Hall–Kier alpha value is -1.29. The normalized spacial score (nSPS) is 10.4. The molecule has 0 saturated heterocycles. The zero-order valence-electron chi connectivity index (χ0n) is 10.0. The van der Waals surface area contributed by atoms with Crippen LogP contribution in [0.3, 0.4) is 0 Å². The van der Waals surface area contributed by atoms with Crippen molar-refractivity contribution in [2.24, 2.45) is 5.73 Å². The predicted octanol–water partition coefficient (Wildman–Crippen LogP) is 1.79. The first-order valence-electron chi connectivity index (χ1n) is 5.66. The number of amides is 1. The van der Waals surface area contributed by atoms with Gasteiger partial charge in [-0.3, -0.25) is 4.79 Å². The molecule has 0 radical (unpaired) electrons. The van der Waals surface area contributed by atoms with Crippen LogP contribution in [0.25, 0.3) is 0 Å². The largest absolute Gasteiger partial charge is 0.469 e. The lowest BCUT2D eigenvalue weighted by molar-refractivity contribution is 0.0791. The van der Waals surface area contributed by atoms with Gasteiger partial charge in [0.05, 0.1) is 11.8 Å². The van der Waals surface area contributed by atoms with Crippen molar-refractivity contribution in [1.29, 1.82) is 0 Å². The van der Waals surface area contributed by atoms with E-state index in [4.69, 9.17) is 10.2 Å². The van der Waals surface area contributed by atoms with Crippen molar-refractivity contribution in [2.45, 2.75) is 26.2 Å². The van der Waals surface area contributed by atoms with E-state index in [0.717, 1.165) is 32.4 Å². The molecule has 2 N–H and O–H groups in total. The highest BCUT2D eigenvalue weighted by Crippen LogP contribution is 2.11. The molecule has 0 aliphatic heterocycles. The second-order valence-corrected chi connectivity index (χ2v) is 3.97. The van der Waals surface area contributed by atoms with Crippen molar-refractivity contribution >= 4 is 5.91 Å². The Morgan fingerprint density at radius 3 is 2.75 bits per heavy atom. The molecule has 0 aliphatic carbocycles. The van der Waals surface area contributed by atoms with Gasteiger partial charge in [0.2, 0.25) is 0 Å². The fraction of sp³-hybridized carbons (Fsp3) is 0.583. The molecule has 0 spiro atoms. The van der Waals surface area contributed by atoms with Crippen LogP contribution < -0.4 is 5.73 Å². The first kappa shape index (κ1) is 12.8. The van der Waals surface area contributed by atoms with E-state index in [9.17, 15) is 4.79 Å². The van der Waals surface area contributed by atoms with Crippen LogP contribution in [0.15, 0.2) is 16.7 Å². The van der Waals surface area contributed by atoms with Gasteiger partial charge in [-0.05, 0) is 32.4 Å². The molecule has 1 aromatic heterocycles. The Bertz CT molecular complexity index is 334. The molecule has 1 aromatic rings. The molecule has 1 amide bonds. The van der Waals surface area contributed by atoms with E-state index in [0.29, 0.717) is 11.3 Å². The van der Waals surface area contributed by atoms with Gasteiger partial charge in [-0.25, -0.2) is 0 Å². The standard InChI is InChI=1S/C12H20N2O2/c1-10-11(6-9-16-10)12(15)14(2)8-5-3-4-7-13/h6,9H,3-5,7-8,13H2,1-2H3. The van der Waals surface area contributed by atoms with Crippen molar-refractivity contribution < 1.29 is 9.21 Å². The molecule has 1 heterocycles. The number of nitrogens with zero attached hydrogens (tertiary/aromatic N) is 1. The third-order valence-corrected chi connectivity index (χ3v) is 2.63. The highest BCUT2D eigenvalue weighted by molar-refractivity contribution is 5.94. The minimum Gasteiger partial charge on any atom is -0.469 e. The van der Waals surface area contributed by atoms with Crippen LogP contribution in [0.2, 0.25) is 0 Å². The van der Waals surface area contributed by atoms with Gasteiger partial charge in [0, 0.05) is 13.6 Å². The van der Waals surface area contributed by atoms with Gasteiger partial charge in [0.1, 0.15) is 5.76 Å². The molecule has 0 unspecified atom stereocenters. The summed E-state index contributed by atoms with van der Waals surface area (Å²) in [5, 5.41) is 0. The number of furan rings is 1. The minimum absolute atomic E-state index is 0.0269. The summed E-state index contributed by atoms with van der Waals surface area (Å²) in [6.45, 7) is 3.29. The van der Waals surface area contributed by atoms with Gasteiger partial charge < -0.3 is 15.1 Å². The average molecular weight is 224 g/mol. The third-order valence-electron chi connectivity index (χ3n) is 2.63. The molecule has 90 valence electrons. The summed E-state index contributed by atoms with van der Waals surface area (Å²) >= 11 is 0. The fourth-order valence-corrected chi connectivity index (χ4v) is 1.58. The van der Waals surface area contributed by atoms with Crippen molar-refractivity contribution in [1.82, 2.24) is 4.90 Å². The molecule has 16 heavy (non-hydrogen) atoms. The highest BCUT2D eigenvalue weighted by atomic mass is 16.3. The molecule has 0 bridgehead atoms. The van der Waals surface area contributed by atoms with Gasteiger partial charge in [-0.2, -0.15) is 0 Å². The van der Waals surface area contributed by atoms with Crippen LogP contribution in [0.5, 0.6) is 0 Å². The molecular formula is C12H20N2O2. The van der Waals surface area contributed by atoms with Crippen molar-refractivity contribution in [2.75, 3.05) is 20.1 Å². The third kappa shape index (κ3) is 3.38. The first-order chi connectivity index (χ1) is 7.66. The Kier molecular flexibility index (Phi) is 5.05. The van der Waals surface area contributed by atoms with Crippen molar-refractivity contribution in [3.05, 3.63) is 23.7 Å². The van der Waals surface area contributed by atoms with Crippen LogP contribution in [0.1, 0.15) is 35.4 Å². The summed E-state index contributed by atoms with van der Waals surface area (Å²) in [7, 11) is 1.82. The van der Waals surface area contributed by atoms with E-state index >= 15 is 0 Å². The van der Waals surface area contributed by atoms with Crippen LogP contribution >= 0.6 is 0 Å². The smallest absolute Gasteiger partial charge is 0.257 e. The fourth-order valence-electron chi connectivity index (χ4n) is 1.58. The lowest BCUT2D eigenvalue weighted by Gasteiger charge is -2.16. The average Bonchev–Trinajstić information content (AvgIpc) is 2.69. The summed E-state index contributed by atoms with van der Waals surface area (Å²) in [6, 6.07) is 1.72. The molecular weight excluding hydrogens is 204 g/mol.